The van der Waals surface area contributed by atoms with Crippen LogP contribution < -0.4 is 113 Å². The van der Waals surface area contributed by atoms with Gasteiger partial charge >= 0.3 is 103 Å². The van der Waals surface area contributed by atoms with E-state index < -0.39 is 0 Å². The number of nitrogens with zero attached hydrogens (tertiary/aromatic N) is 8. The Bertz CT molecular complexity index is 1660. The van der Waals surface area contributed by atoms with Crippen LogP contribution >= 0.6 is 34.8 Å². The van der Waals surface area contributed by atoms with E-state index in [1.165, 1.54) is 37.7 Å². The molecule has 0 fully saturated rings. The minimum absolute atomic E-state index is 0. The van der Waals surface area contributed by atoms with Crippen molar-refractivity contribution in [3.63, 3.8) is 0 Å². The fourth-order valence-electron chi connectivity index (χ4n) is 2.63. The first kappa shape index (κ1) is 39.8. The van der Waals surface area contributed by atoms with Gasteiger partial charge in [0, 0.05) is 12.4 Å². The van der Waals surface area contributed by atoms with E-state index >= 15 is 0 Å². The first-order valence-corrected chi connectivity index (χ1v) is 12.0. The van der Waals surface area contributed by atoms with Crippen LogP contribution in [0.25, 0.3) is 22.1 Å². The quantitative estimate of drug-likeness (QED) is 0.0638. The molecule has 6 aromatic rings. The summed E-state index contributed by atoms with van der Waals surface area (Å²) < 4.78 is 14.8. The Kier molecular flexibility index (Phi) is 20.6. The third-order valence-electron chi connectivity index (χ3n) is 4.31. The second-order valence-electron chi connectivity index (χ2n) is 6.94. The van der Waals surface area contributed by atoms with Gasteiger partial charge in [-0.3, -0.25) is 4.79 Å². The van der Waals surface area contributed by atoms with Gasteiger partial charge in [-0.05, 0) is 12.1 Å². The maximum Gasteiger partial charge on any atom is 1.00 e. The Labute approximate surface area is 344 Å². The van der Waals surface area contributed by atoms with E-state index in [1.54, 1.807) is 24.5 Å². The SMILES string of the molecule is Clc1cnc2c(Cl)nccc2n1.Clc1nccc2nc(OCc3cocn3)cnc12.O=CO[O-].OCc1cocn1.[H-].[K+].[K+]. The Morgan fingerprint density at radius 3 is 1.86 bits per heavy atom. The molecule has 6 heterocycles. The van der Waals surface area contributed by atoms with Crippen LogP contribution in [-0.2, 0) is 22.9 Å². The van der Waals surface area contributed by atoms with Crippen LogP contribution in [-0.4, -0.2) is 51.5 Å². The molecule has 15 nitrogen and oxygen atoms in total. The van der Waals surface area contributed by atoms with E-state index in [9.17, 15) is 0 Å². The molecule has 0 saturated carbocycles. The summed E-state index contributed by atoms with van der Waals surface area (Å²) in [6, 6.07) is 3.43. The molecule has 0 spiro atoms. The molecule has 0 bridgehead atoms. The van der Waals surface area contributed by atoms with Gasteiger partial charge in [0.1, 0.15) is 46.7 Å². The Morgan fingerprint density at radius 1 is 0.837 bits per heavy atom. The number of halogens is 3. The number of rotatable bonds is 5. The first-order valence-electron chi connectivity index (χ1n) is 10.8. The Balaban J connectivity index is 0.000000619. The molecule has 214 valence electrons. The van der Waals surface area contributed by atoms with Crippen LogP contribution in [0, 0.1) is 0 Å². The van der Waals surface area contributed by atoms with Crippen molar-refractivity contribution in [3.05, 3.63) is 89.1 Å². The first-order chi connectivity index (χ1) is 19.9. The van der Waals surface area contributed by atoms with Crippen molar-refractivity contribution in [1.82, 2.24) is 39.9 Å². The molecule has 0 unspecified atom stereocenters. The van der Waals surface area contributed by atoms with Gasteiger partial charge in [0.05, 0.1) is 30.0 Å². The van der Waals surface area contributed by atoms with Crippen LogP contribution in [0.1, 0.15) is 12.8 Å². The average Bonchev–Trinajstić information content (AvgIpc) is 3.72. The van der Waals surface area contributed by atoms with E-state index in [1.807, 2.05) is 0 Å². The van der Waals surface area contributed by atoms with Crippen LogP contribution in [0.2, 0.25) is 15.5 Å². The number of ether oxygens (including phenoxy) is 1. The number of oxazole rings is 2. The van der Waals surface area contributed by atoms with Crippen molar-refractivity contribution in [2.75, 3.05) is 0 Å². The van der Waals surface area contributed by atoms with E-state index in [-0.39, 0.29) is 124 Å². The van der Waals surface area contributed by atoms with Gasteiger partial charge in [0.2, 0.25) is 5.88 Å². The molecule has 43 heavy (non-hydrogen) atoms. The van der Waals surface area contributed by atoms with Crippen molar-refractivity contribution >= 4 is 63.3 Å². The Hall–Kier alpha value is -1.27. The summed E-state index contributed by atoms with van der Waals surface area (Å²) in [5.41, 5.74) is 3.66. The molecule has 0 radical (unpaired) electrons. The van der Waals surface area contributed by atoms with Crippen LogP contribution in [0.4, 0.5) is 0 Å². The number of hydrogen-bond donors (Lipinski definition) is 1. The van der Waals surface area contributed by atoms with E-state index in [0.29, 0.717) is 54.8 Å². The van der Waals surface area contributed by atoms with Crippen molar-refractivity contribution in [3.8, 4) is 5.88 Å². The molecular weight excluding hydrogens is 685 g/mol. The summed E-state index contributed by atoms with van der Waals surface area (Å²) in [4.78, 5) is 43.0. The molecule has 0 saturated heterocycles. The standard InChI is InChI=1S/C11H7ClN4O2.C7H3Cl2N3.C4H5NO2.CH2O3.2K.H/c12-11-10-8(1-2-13-11)16-9(3-14-10)18-5-7-4-17-6-15-7;8-5-3-11-6-4(12-5)1-2-10-7(6)9;6-1-4-2-7-3-5-4;2-1-4-3;;;/h1-4,6H,5H2;1-3H;2-3,6H,1H2;1,3H;;;/q;;;;2*+1;-1/p-1. The molecule has 0 aliphatic rings. The fourth-order valence-corrected chi connectivity index (χ4v) is 3.17. The zero-order chi connectivity index (χ0) is 29.5. The molecule has 0 atom stereocenters. The monoisotopic (exact) mass is 700 g/mol. The van der Waals surface area contributed by atoms with E-state index in [0.717, 1.165) is 0 Å². The predicted octanol–water partition coefficient (Wildman–Crippen LogP) is -2.70. The molecule has 0 aliphatic carbocycles. The maximum atomic E-state index is 8.64. The Morgan fingerprint density at radius 2 is 1.37 bits per heavy atom. The summed E-state index contributed by atoms with van der Waals surface area (Å²) in [7, 11) is 0. The van der Waals surface area contributed by atoms with Crippen LogP contribution in [0.15, 0.2) is 71.1 Å². The normalized spacial score (nSPS) is 9.42. The number of fused-ring (bicyclic) bond motifs is 2. The van der Waals surface area contributed by atoms with Gasteiger partial charge in [-0.15, -0.1) is 0 Å². The zero-order valence-corrected chi connectivity index (χ0v) is 30.9. The summed E-state index contributed by atoms with van der Waals surface area (Å²) in [5, 5.41) is 17.8. The van der Waals surface area contributed by atoms with Crippen LogP contribution in [0.5, 0.6) is 5.88 Å². The van der Waals surface area contributed by atoms with Crippen molar-refractivity contribution in [2.24, 2.45) is 0 Å². The summed E-state index contributed by atoms with van der Waals surface area (Å²) >= 11 is 17.3. The maximum absolute atomic E-state index is 8.64. The van der Waals surface area contributed by atoms with Gasteiger partial charge in [0.15, 0.2) is 23.1 Å². The number of aromatic nitrogens is 8. The zero-order valence-electron chi connectivity index (χ0n) is 23.4. The number of aliphatic hydroxyl groups excluding tert-OH is 1. The summed E-state index contributed by atoms with van der Waals surface area (Å²) in [6.45, 7) is 0.0476. The number of carbonyl (C=O) groups is 1. The minimum Gasteiger partial charge on any atom is -1.00 e. The van der Waals surface area contributed by atoms with Gasteiger partial charge in [-0.2, -0.15) is 0 Å². The number of hydrogen-bond acceptors (Lipinski definition) is 15. The van der Waals surface area contributed by atoms with Gasteiger partial charge in [0.25, 0.3) is 6.47 Å². The van der Waals surface area contributed by atoms with Gasteiger partial charge in [-0.1, -0.05) is 34.8 Å². The second kappa shape index (κ2) is 22.3. The van der Waals surface area contributed by atoms with Crippen molar-refractivity contribution < 1.29 is 138 Å². The van der Waals surface area contributed by atoms with Crippen molar-refractivity contribution in [1.29, 1.82) is 0 Å². The number of pyridine rings is 2. The number of carbonyl (C=O) groups excluding carboxylic acids is 1. The van der Waals surface area contributed by atoms with Crippen LogP contribution in [0.3, 0.4) is 0 Å². The molecule has 0 aromatic carbocycles. The third-order valence-corrected chi connectivity index (χ3v) is 5.05. The minimum atomic E-state index is -0.181. The molecule has 0 aliphatic heterocycles. The van der Waals surface area contributed by atoms with Gasteiger partial charge in [-0.25, -0.2) is 39.9 Å². The molecule has 20 heteroatoms. The van der Waals surface area contributed by atoms with E-state index in [4.69, 9.17) is 59.1 Å². The number of aliphatic hydroxyl groups is 1. The molecule has 6 rings (SSSR count). The topological polar surface area (TPSA) is 208 Å². The summed E-state index contributed by atoms with van der Waals surface area (Å²) in [6.07, 6.45) is 11.6. The third kappa shape index (κ3) is 13.7. The largest absolute Gasteiger partial charge is 1.00 e. The molecule has 0 amide bonds. The fraction of sp³-hybridized carbons (Fsp3) is 0.0870. The van der Waals surface area contributed by atoms with Gasteiger partial charge < -0.3 is 30.2 Å². The van der Waals surface area contributed by atoms with E-state index in [2.05, 4.69) is 49.2 Å². The molecule has 6 aromatic heterocycles. The summed E-state index contributed by atoms with van der Waals surface area (Å²) in [5.74, 6) is 0.396. The smallest absolute Gasteiger partial charge is 1.00 e. The van der Waals surface area contributed by atoms with Crippen molar-refractivity contribution in [2.45, 2.75) is 13.2 Å². The molecule has 1 N–H and O–H groups in total. The molecular formula is C23H17Cl3K2N8O7. The second-order valence-corrected chi connectivity index (χ2v) is 8.04. The predicted molar refractivity (Wildman–Crippen MR) is 141 cm³/mol. The average molecular weight is 702 g/mol.